The van der Waals surface area contributed by atoms with Crippen LogP contribution in [-0.4, -0.2) is 6.61 Å². The van der Waals surface area contributed by atoms with Gasteiger partial charge in [-0.05, 0) is 70.4 Å². The van der Waals surface area contributed by atoms with Crippen molar-refractivity contribution in [2.24, 2.45) is 0 Å². The van der Waals surface area contributed by atoms with E-state index < -0.39 is 0 Å². The molecule has 0 bridgehead atoms. The van der Waals surface area contributed by atoms with E-state index in [0.717, 1.165) is 21.3 Å². The van der Waals surface area contributed by atoms with Crippen molar-refractivity contribution in [2.45, 2.75) is 20.1 Å². The Kier molecular flexibility index (Phi) is 7.49. The van der Waals surface area contributed by atoms with Crippen molar-refractivity contribution in [1.29, 1.82) is 0 Å². The van der Waals surface area contributed by atoms with Crippen molar-refractivity contribution in [2.75, 3.05) is 11.9 Å². The van der Waals surface area contributed by atoms with Gasteiger partial charge in [-0.15, -0.1) is 0 Å². The van der Waals surface area contributed by atoms with Crippen LogP contribution in [0.3, 0.4) is 0 Å². The van der Waals surface area contributed by atoms with Crippen LogP contribution in [0.2, 0.25) is 10.0 Å². The summed E-state index contributed by atoms with van der Waals surface area (Å²) in [4.78, 5) is 0. The van der Waals surface area contributed by atoms with E-state index in [9.17, 15) is 0 Å². The Balaban J connectivity index is 1.75. The summed E-state index contributed by atoms with van der Waals surface area (Å²) < 4.78 is 12.7. The molecule has 0 fully saturated rings. The van der Waals surface area contributed by atoms with Crippen LogP contribution in [0.1, 0.15) is 18.1 Å². The van der Waals surface area contributed by atoms with E-state index in [1.165, 1.54) is 0 Å². The summed E-state index contributed by atoms with van der Waals surface area (Å²) in [5, 5.41) is 4.74. The van der Waals surface area contributed by atoms with Crippen molar-refractivity contribution in [3.05, 3.63) is 86.3 Å². The van der Waals surface area contributed by atoms with Gasteiger partial charge >= 0.3 is 0 Å². The van der Waals surface area contributed by atoms with Crippen molar-refractivity contribution in [3.8, 4) is 11.5 Å². The number of anilines is 1. The van der Waals surface area contributed by atoms with Crippen LogP contribution in [0.25, 0.3) is 0 Å². The molecule has 28 heavy (non-hydrogen) atoms. The Bertz CT molecular complexity index is 932. The van der Waals surface area contributed by atoms with Crippen molar-refractivity contribution in [1.82, 2.24) is 0 Å². The summed E-state index contributed by atoms with van der Waals surface area (Å²) in [5.74, 6) is 1.38. The third kappa shape index (κ3) is 5.57. The topological polar surface area (TPSA) is 30.5 Å². The summed E-state index contributed by atoms with van der Waals surface area (Å²) in [5.41, 5.74) is 2.97. The maximum Gasteiger partial charge on any atom is 0.175 e. The van der Waals surface area contributed by atoms with Crippen LogP contribution in [0.4, 0.5) is 5.69 Å². The highest BCUT2D eigenvalue weighted by atomic mass is 79.9. The van der Waals surface area contributed by atoms with Gasteiger partial charge in [-0.2, -0.15) is 0 Å². The molecule has 0 unspecified atom stereocenters. The first kappa shape index (κ1) is 20.8. The molecule has 0 saturated carbocycles. The van der Waals surface area contributed by atoms with Crippen LogP contribution >= 0.6 is 39.1 Å². The van der Waals surface area contributed by atoms with Gasteiger partial charge in [0, 0.05) is 11.6 Å². The van der Waals surface area contributed by atoms with E-state index in [4.69, 9.17) is 32.7 Å². The first-order valence-electron chi connectivity index (χ1n) is 8.87. The Morgan fingerprint density at radius 3 is 2.39 bits per heavy atom. The standard InChI is InChI=1S/C22H20BrCl2NO2/c1-2-27-21-12-16(13-26-20-6-4-3-5-19(20)25)11-18(23)22(21)28-14-15-7-9-17(24)10-8-15/h3-12,26H,2,13-14H2,1H3. The van der Waals surface area contributed by atoms with E-state index in [0.29, 0.717) is 41.3 Å². The molecule has 0 aliphatic carbocycles. The number of hydrogen-bond donors (Lipinski definition) is 1. The first-order valence-corrected chi connectivity index (χ1v) is 10.4. The monoisotopic (exact) mass is 479 g/mol. The van der Waals surface area contributed by atoms with Crippen molar-refractivity contribution in [3.63, 3.8) is 0 Å². The predicted molar refractivity (Wildman–Crippen MR) is 120 cm³/mol. The second-order valence-electron chi connectivity index (χ2n) is 6.09. The summed E-state index contributed by atoms with van der Waals surface area (Å²) in [7, 11) is 0. The lowest BCUT2D eigenvalue weighted by Crippen LogP contribution is -2.04. The summed E-state index contributed by atoms with van der Waals surface area (Å²) in [6.07, 6.45) is 0. The van der Waals surface area contributed by atoms with Crippen LogP contribution in [0.5, 0.6) is 11.5 Å². The average molecular weight is 481 g/mol. The number of rotatable bonds is 8. The molecule has 3 nitrogen and oxygen atoms in total. The minimum Gasteiger partial charge on any atom is -0.490 e. The summed E-state index contributed by atoms with van der Waals surface area (Å²) in [6, 6.07) is 19.2. The van der Waals surface area contributed by atoms with Gasteiger partial charge in [0.1, 0.15) is 6.61 Å². The zero-order chi connectivity index (χ0) is 19.9. The zero-order valence-corrected chi connectivity index (χ0v) is 18.4. The highest BCUT2D eigenvalue weighted by molar-refractivity contribution is 9.10. The molecule has 0 amide bonds. The molecule has 0 atom stereocenters. The lowest BCUT2D eigenvalue weighted by atomic mass is 10.2. The lowest BCUT2D eigenvalue weighted by molar-refractivity contribution is 0.267. The normalized spacial score (nSPS) is 10.6. The molecule has 0 aliphatic rings. The molecule has 0 spiro atoms. The van der Waals surface area contributed by atoms with Gasteiger partial charge in [-0.25, -0.2) is 0 Å². The fourth-order valence-corrected chi connectivity index (χ4v) is 3.60. The molecule has 3 aromatic carbocycles. The van der Waals surface area contributed by atoms with E-state index in [1.807, 2.05) is 67.6 Å². The van der Waals surface area contributed by atoms with E-state index in [1.54, 1.807) is 0 Å². The molecule has 0 heterocycles. The molecule has 0 aliphatic heterocycles. The number of nitrogens with one attached hydrogen (secondary N) is 1. The van der Waals surface area contributed by atoms with Crippen molar-refractivity contribution >= 4 is 44.8 Å². The number of benzene rings is 3. The van der Waals surface area contributed by atoms with E-state index in [2.05, 4.69) is 21.2 Å². The molecule has 0 aromatic heterocycles. The van der Waals surface area contributed by atoms with E-state index in [-0.39, 0.29) is 0 Å². The Morgan fingerprint density at radius 1 is 0.929 bits per heavy atom. The smallest absolute Gasteiger partial charge is 0.175 e. The Morgan fingerprint density at radius 2 is 1.68 bits per heavy atom. The van der Waals surface area contributed by atoms with Crippen LogP contribution in [-0.2, 0) is 13.2 Å². The third-order valence-electron chi connectivity index (χ3n) is 4.02. The van der Waals surface area contributed by atoms with Gasteiger partial charge in [0.05, 0.1) is 21.8 Å². The minimum absolute atomic E-state index is 0.424. The SMILES string of the molecule is CCOc1cc(CNc2ccccc2Cl)cc(Br)c1OCc1ccc(Cl)cc1. The van der Waals surface area contributed by atoms with Gasteiger partial charge in [0.2, 0.25) is 0 Å². The highest BCUT2D eigenvalue weighted by Crippen LogP contribution is 2.38. The Hall–Kier alpha value is -1.88. The number of para-hydroxylation sites is 1. The maximum atomic E-state index is 6.21. The molecular formula is C22H20BrCl2NO2. The average Bonchev–Trinajstić information content (AvgIpc) is 2.68. The Labute approximate surface area is 183 Å². The van der Waals surface area contributed by atoms with Gasteiger partial charge in [-0.3, -0.25) is 0 Å². The molecule has 0 radical (unpaired) electrons. The fraction of sp³-hybridized carbons (Fsp3) is 0.182. The summed E-state index contributed by atoms with van der Waals surface area (Å²) >= 11 is 15.8. The predicted octanol–water partition coefficient (Wildman–Crippen LogP) is 7.35. The van der Waals surface area contributed by atoms with Gasteiger partial charge in [0.15, 0.2) is 11.5 Å². The second-order valence-corrected chi connectivity index (χ2v) is 7.78. The minimum atomic E-state index is 0.424. The largest absolute Gasteiger partial charge is 0.490 e. The van der Waals surface area contributed by atoms with E-state index >= 15 is 0 Å². The molecular weight excluding hydrogens is 461 g/mol. The molecule has 3 aromatic rings. The van der Waals surface area contributed by atoms with Crippen LogP contribution < -0.4 is 14.8 Å². The number of halogens is 3. The fourth-order valence-electron chi connectivity index (χ4n) is 2.66. The quantitative estimate of drug-likeness (QED) is 0.365. The van der Waals surface area contributed by atoms with Crippen LogP contribution in [0, 0.1) is 0 Å². The van der Waals surface area contributed by atoms with Crippen LogP contribution in [0.15, 0.2) is 65.1 Å². The molecule has 146 valence electrons. The number of ether oxygens (including phenoxy) is 2. The third-order valence-corrected chi connectivity index (χ3v) is 5.19. The molecule has 0 saturated heterocycles. The second kappa shape index (κ2) is 10.1. The van der Waals surface area contributed by atoms with Crippen molar-refractivity contribution < 1.29 is 9.47 Å². The van der Waals surface area contributed by atoms with Gasteiger partial charge in [0.25, 0.3) is 0 Å². The zero-order valence-electron chi connectivity index (χ0n) is 15.3. The maximum absolute atomic E-state index is 6.21. The number of hydrogen-bond acceptors (Lipinski definition) is 3. The van der Waals surface area contributed by atoms with Gasteiger partial charge < -0.3 is 14.8 Å². The lowest BCUT2D eigenvalue weighted by Gasteiger charge is -2.16. The highest BCUT2D eigenvalue weighted by Gasteiger charge is 2.13. The summed E-state index contributed by atoms with van der Waals surface area (Å²) in [6.45, 7) is 3.53. The molecule has 3 rings (SSSR count). The molecule has 1 N–H and O–H groups in total. The van der Waals surface area contributed by atoms with Gasteiger partial charge in [-0.1, -0.05) is 47.5 Å². The molecule has 6 heteroatoms. The first-order chi connectivity index (χ1) is 13.6.